The van der Waals surface area contributed by atoms with E-state index in [4.69, 9.17) is 14.2 Å². The molecule has 3 nitrogen and oxygen atoms in total. The molecule has 5 heteroatoms. The van der Waals surface area contributed by atoms with Gasteiger partial charge in [-0.2, -0.15) is 8.78 Å². The van der Waals surface area contributed by atoms with E-state index < -0.39 is 6.08 Å². The van der Waals surface area contributed by atoms with Crippen molar-refractivity contribution in [2.45, 2.75) is 70.7 Å². The summed E-state index contributed by atoms with van der Waals surface area (Å²) < 4.78 is 41.0. The third kappa shape index (κ3) is 7.73. The molecule has 0 amide bonds. The van der Waals surface area contributed by atoms with Crippen LogP contribution < -0.4 is 0 Å². The Morgan fingerprint density at radius 1 is 1.09 bits per heavy atom. The van der Waals surface area contributed by atoms with Gasteiger partial charge in [-0.05, 0) is 56.9 Å². The van der Waals surface area contributed by atoms with Crippen LogP contribution in [0.3, 0.4) is 0 Å². The number of hydrogen-bond donors (Lipinski definition) is 0. The summed E-state index contributed by atoms with van der Waals surface area (Å²) in [6.07, 6.45) is 7.25. The van der Waals surface area contributed by atoms with Crippen molar-refractivity contribution in [1.82, 2.24) is 0 Å². The van der Waals surface area contributed by atoms with Gasteiger partial charge in [0.25, 0.3) is 6.08 Å². The Kier molecular flexibility index (Phi) is 8.48. The Morgan fingerprint density at radius 3 is 2.43 bits per heavy atom. The van der Waals surface area contributed by atoms with E-state index in [1.54, 1.807) is 0 Å². The Morgan fingerprint density at radius 2 is 1.78 bits per heavy atom. The molecule has 0 unspecified atom stereocenters. The third-order valence-electron chi connectivity index (χ3n) is 4.81. The van der Waals surface area contributed by atoms with Crippen LogP contribution in [0.4, 0.5) is 8.78 Å². The van der Waals surface area contributed by atoms with Gasteiger partial charge >= 0.3 is 0 Å². The maximum atomic E-state index is 11.9. The fourth-order valence-corrected chi connectivity index (χ4v) is 3.26. The number of rotatable bonds is 8. The van der Waals surface area contributed by atoms with E-state index >= 15 is 0 Å². The molecule has 2 rings (SSSR count). The van der Waals surface area contributed by atoms with Crippen molar-refractivity contribution in [3.8, 4) is 0 Å². The Bertz CT molecular complexity index is 342. The van der Waals surface area contributed by atoms with E-state index in [1.165, 1.54) is 25.7 Å². The molecule has 1 aliphatic carbocycles. The van der Waals surface area contributed by atoms with E-state index in [1.807, 2.05) is 0 Å². The lowest BCUT2D eigenvalue weighted by atomic mass is 9.89. The van der Waals surface area contributed by atoms with Crippen molar-refractivity contribution in [1.29, 1.82) is 0 Å². The minimum Gasteiger partial charge on any atom is -0.378 e. The van der Waals surface area contributed by atoms with Crippen molar-refractivity contribution in [3.05, 3.63) is 12.2 Å². The second kappa shape index (κ2) is 10.4. The van der Waals surface area contributed by atoms with Crippen molar-refractivity contribution < 1.29 is 23.0 Å². The summed E-state index contributed by atoms with van der Waals surface area (Å²) in [5, 5.41) is 0. The number of halogens is 2. The van der Waals surface area contributed by atoms with Crippen LogP contribution in [-0.2, 0) is 14.2 Å². The molecule has 23 heavy (non-hydrogen) atoms. The highest BCUT2D eigenvalue weighted by Gasteiger charge is 2.22. The molecule has 0 atom stereocenters. The topological polar surface area (TPSA) is 27.7 Å². The van der Waals surface area contributed by atoms with Gasteiger partial charge in [-0.15, -0.1) is 0 Å². The predicted octanol–water partition coefficient (Wildman–Crippen LogP) is 4.91. The molecule has 0 N–H and O–H groups in total. The minimum absolute atomic E-state index is 0.297. The van der Waals surface area contributed by atoms with Crippen molar-refractivity contribution in [2.75, 3.05) is 19.8 Å². The smallest absolute Gasteiger partial charge is 0.266 e. The Labute approximate surface area is 138 Å². The molecule has 134 valence electrons. The number of allylic oxidation sites excluding steroid dienone is 1. The summed E-state index contributed by atoms with van der Waals surface area (Å²) in [4.78, 5) is 0. The summed E-state index contributed by atoms with van der Waals surface area (Å²) >= 11 is 0. The fourth-order valence-electron chi connectivity index (χ4n) is 3.26. The standard InChI is InChI=1S/C18H30F2O3/c1-14-7-9-16(10-8-14)21-11-3-4-15-12-22-18(23-13-15)6-2-5-17(19)20/h5,14-16,18H,2-4,6-13H2,1H3. The molecule has 1 aliphatic heterocycles. The van der Waals surface area contributed by atoms with E-state index in [9.17, 15) is 8.78 Å². The van der Waals surface area contributed by atoms with Gasteiger partial charge in [0, 0.05) is 18.9 Å². The lowest BCUT2D eigenvalue weighted by molar-refractivity contribution is -0.203. The quantitative estimate of drug-likeness (QED) is 0.591. The second-order valence-corrected chi connectivity index (χ2v) is 6.93. The Balaban J connectivity index is 1.47. The van der Waals surface area contributed by atoms with Gasteiger partial charge < -0.3 is 14.2 Å². The lowest BCUT2D eigenvalue weighted by Gasteiger charge is -2.30. The molecule has 0 bridgehead atoms. The molecular weight excluding hydrogens is 302 g/mol. The van der Waals surface area contributed by atoms with Gasteiger partial charge in [0.05, 0.1) is 19.3 Å². The van der Waals surface area contributed by atoms with Gasteiger partial charge in [-0.1, -0.05) is 6.92 Å². The summed E-state index contributed by atoms with van der Waals surface area (Å²) in [5.74, 6) is 1.26. The summed E-state index contributed by atoms with van der Waals surface area (Å²) in [5.41, 5.74) is 0. The number of hydrogen-bond acceptors (Lipinski definition) is 3. The Hall–Kier alpha value is -0.520. The van der Waals surface area contributed by atoms with Gasteiger partial charge in [-0.25, -0.2) is 0 Å². The first-order chi connectivity index (χ1) is 11.1. The molecule has 1 heterocycles. The van der Waals surface area contributed by atoms with Crippen molar-refractivity contribution in [3.63, 3.8) is 0 Å². The van der Waals surface area contributed by atoms with Crippen LogP contribution in [0.1, 0.15) is 58.3 Å². The maximum Gasteiger partial charge on any atom is 0.266 e. The monoisotopic (exact) mass is 332 g/mol. The molecule has 0 radical (unpaired) electrons. The molecule has 2 aliphatic rings. The average Bonchev–Trinajstić information content (AvgIpc) is 2.54. The van der Waals surface area contributed by atoms with E-state index in [-0.39, 0.29) is 6.29 Å². The van der Waals surface area contributed by atoms with Crippen LogP contribution in [0.25, 0.3) is 0 Å². The molecule has 0 spiro atoms. The van der Waals surface area contributed by atoms with Gasteiger partial charge in [0.2, 0.25) is 0 Å². The van der Waals surface area contributed by atoms with Crippen LogP contribution in [-0.4, -0.2) is 32.2 Å². The zero-order chi connectivity index (χ0) is 16.5. The molecule has 1 saturated heterocycles. The first-order valence-corrected chi connectivity index (χ1v) is 8.99. The average molecular weight is 332 g/mol. The largest absolute Gasteiger partial charge is 0.378 e. The highest BCUT2D eigenvalue weighted by molar-refractivity contribution is 4.80. The fraction of sp³-hybridized carbons (Fsp3) is 0.889. The van der Waals surface area contributed by atoms with Gasteiger partial charge in [0.15, 0.2) is 6.29 Å². The molecule has 0 aromatic carbocycles. The van der Waals surface area contributed by atoms with E-state index in [2.05, 4.69) is 6.92 Å². The molecule has 2 fully saturated rings. The number of ether oxygens (including phenoxy) is 3. The first kappa shape index (κ1) is 18.8. The van der Waals surface area contributed by atoms with Crippen LogP contribution in [0.15, 0.2) is 12.2 Å². The van der Waals surface area contributed by atoms with Crippen LogP contribution >= 0.6 is 0 Å². The van der Waals surface area contributed by atoms with Crippen molar-refractivity contribution >= 4 is 0 Å². The van der Waals surface area contributed by atoms with Crippen molar-refractivity contribution in [2.24, 2.45) is 11.8 Å². The summed E-state index contributed by atoms with van der Waals surface area (Å²) in [6.45, 7) is 4.46. The summed E-state index contributed by atoms with van der Waals surface area (Å²) in [6, 6.07) is 0. The van der Waals surface area contributed by atoms with Crippen LogP contribution in [0, 0.1) is 11.8 Å². The highest BCUT2D eigenvalue weighted by atomic mass is 19.3. The van der Waals surface area contributed by atoms with Crippen LogP contribution in [0.5, 0.6) is 0 Å². The lowest BCUT2D eigenvalue weighted by Crippen LogP contribution is -2.32. The van der Waals surface area contributed by atoms with E-state index in [0.717, 1.165) is 31.4 Å². The molecule has 0 aromatic rings. The minimum atomic E-state index is -1.63. The normalized spacial score (nSPS) is 31.8. The molecular formula is C18H30F2O3. The van der Waals surface area contributed by atoms with E-state index in [0.29, 0.717) is 38.1 Å². The molecule has 0 aromatic heterocycles. The SMILES string of the molecule is CC1CCC(OCCCC2COC(CCC=C(F)F)OC2)CC1. The third-order valence-corrected chi connectivity index (χ3v) is 4.81. The maximum absolute atomic E-state index is 11.9. The summed E-state index contributed by atoms with van der Waals surface area (Å²) in [7, 11) is 0. The highest BCUT2D eigenvalue weighted by Crippen LogP contribution is 2.26. The molecule has 1 saturated carbocycles. The predicted molar refractivity (Wildman–Crippen MR) is 85.3 cm³/mol. The zero-order valence-corrected chi connectivity index (χ0v) is 14.1. The van der Waals surface area contributed by atoms with Gasteiger partial charge in [-0.3, -0.25) is 0 Å². The first-order valence-electron chi connectivity index (χ1n) is 8.99. The van der Waals surface area contributed by atoms with Gasteiger partial charge in [0.1, 0.15) is 0 Å². The van der Waals surface area contributed by atoms with Crippen LogP contribution in [0.2, 0.25) is 0 Å². The zero-order valence-electron chi connectivity index (χ0n) is 14.1. The second-order valence-electron chi connectivity index (χ2n) is 6.93.